The largest absolute Gasteiger partial charge is 0.379 e. The summed E-state index contributed by atoms with van der Waals surface area (Å²) in [5.74, 6) is 0. The molecule has 1 aromatic heterocycles. The second kappa shape index (κ2) is 8.16. The van der Waals surface area contributed by atoms with Crippen LogP contribution in [0.25, 0.3) is 16.9 Å². The molecule has 0 atom stereocenters. The molecule has 29 heavy (non-hydrogen) atoms. The number of imidazole rings is 1. The fraction of sp³-hybridized carbons (Fsp3) is 0.0455. The summed E-state index contributed by atoms with van der Waals surface area (Å²) in [5.41, 5.74) is 4.68. The van der Waals surface area contributed by atoms with Crippen LogP contribution in [0.15, 0.2) is 85.3 Å². The molecule has 0 aliphatic rings. The summed E-state index contributed by atoms with van der Waals surface area (Å²) in [7, 11) is 0. The maximum Gasteiger partial charge on any atom is 0.269 e. The van der Waals surface area contributed by atoms with Gasteiger partial charge in [-0.1, -0.05) is 35.9 Å². The topological polar surface area (TPSA) is 73.0 Å². The highest BCUT2D eigenvalue weighted by Crippen LogP contribution is 2.25. The van der Waals surface area contributed by atoms with Crippen molar-refractivity contribution in [2.24, 2.45) is 0 Å². The van der Waals surface area contributed by atoms with Gasteiger partial charge in [-0.3, -0.25) is 10.1 Å². The van der Waals surface area contributed by atoms with E-state index in [0.717, 1.165) is 28.2 Å². The Hall–Kier alpha value is -3.64. The number of nitrogens with zero attached hydrogens (tertiary/aromatic N) is 3. The van der Waals surface area contributed by atoms with Crippen molar-refractivity contribution in [3.05, 3.63) is 106 Å². The molecule has 0 saturated carbocycles. The number of nitrogens with one attached hydrogen (secondary N) is 1. The minimum absolute atomic E-state index is 0.0601. The second-order valence-corrected chi connectivity index (χ2v) is 6.90. The lowest BCUT2D eigenvalue weighted by atomic mass is 10.1. The monoisotopic (exact) mass is 404 g/mol. The first-order chi connectivity index (χ1) is 14.1. The molecule has 7 heteroatoms. The molecule has 0 aliphatic heterocycles. The smallest absolute Gasteiger partial charge is 0.269 e. The van der Waals surface area contributed by atoms with Crippen LogP contribution in [0.3, 0.4) is 0 Å². The summed E-state index contributed by atoms with van der Waals surface area (Å²) >= 11 is 5.95. The van der Waals surface area contributed by atoms with E-state index in [2.05, 4.69) is 10.3 Å². The fourth-order valence-corrected chi connectivity index (χ4v) is 3.13. The molecule has 6 nitrogen and oxygen atoms in total. The summed E-state index contributed by atoms with van der Waals surface area (Å²) in [5, 5.41) is 15.0. The van der Waals surface area contributed by atoms with E-state index in [1.165, 1.54) is 12.1 Å². The van der Waals surface area contributed by atoms with Crippen LogP contribution in [-0.2, 0) is 6.54 Å². The molecule has 0 spiro atoms. The van der Waals surface area contributed by atoms with Gasteiger partial charge >= 0.3 is 0 Å². The van der Waals surface area contributed by atoms with Crippen molar-refractivity contribution in [2.75, 3.05) is 5.32 Å². The number of benzene rings is 3. The molecule has 4 aromatic rings. The van der Waals surface area contributed by atoms with Gasteiger partial charge in [0, 0.05) is 35.5 Å². The van der Waals surface area contributed by atoms with Gasteiger partial charge in [-0.2, -0.15) is 0 Å². The van der Waals surface area contributed by atoms with Gasteiger partial charge in [0.05, 0.1) is 28.3 Å². The Morgan fingerprint density at radius 1 is 1.00 bits per heavy atom. The number of aromatic nitrogens is 2. The summed E-state index contributed by atoms with van der Waals surface area (Å²) in [6.07, 6.45) is 3.64. The maximum absolute atomic E-state index is 10.8. The predicted molar refractivity (Wildman–Crippen MR) is 114 cm³/mol. The van der Waals surface area contributed by atoms with Crippen LogP contribution >= 0.6 is 11.6 Å². The van der Waals surface area contributed by atoms with Crippen LogP contribution in [0.2, 0.25) is 5.02 Å². The Morgan fingerprint density at radius 3 is 2.45 bits per heavy atom. The normalized spacial score (nSPS) is 10.7. The van der Waals surface area contributed by atoms with Gasteiger partial charge in [0.15, 0.2) is 0 Å². The Bertz CT molecular complexity index is 1140. The van der Waals surface area contributed by atoms with E-state index in [4.69, 9.17) is 11.6 Å². The third-order valence-electron chi connectivity index (χ3n) is 4.53. The molecule has 1 heterocycles. The predicted octanol–water partition coefficient (Wildman–Crippen LogP) is 5.71. The zero-order valence-electron chi connectivity index (χ0n) is 15.3. The van der Waals surface area contributed by atoms with Gasteiger partial charge in [0.25, 0.3) is 5.69 Å². The van der Waals surface area contributed by atoms with Crippen LogP contribution in [0.1, 0.15) is 5.56 Å². The van der Waals surface area contributed by atoms with Crippen molar-refractivity contribution >= 4 is 23.0 Å². The second-order valence-electron chi connectivity index (χ2n) is 6.47. The van der Waals surface area contributed by atoms with Crippen LogP contribution < -0.4 is 5.32 Å². The summed E-state index contributed by atoms with van der Waals surface area (Å²) in [4.78, 5) is 14.9. The van der Waals surface area contributed by atoms with Crippen molar-refractivity contribution in [2.45, 2.75) is 6.54 Å². The Kier molecular flexibility index (Phi) is 5.27. The number of hydrogen-bond acceptors (Lipinski definition) is 4. The molecular formula is C22H17ClN4O2. The number of hydrogen-bond donors (Lipinski definition) is 1. The quantitative estimate of drug-likeness (QED) is 0.330. The number of halogens is 1. The molecule has 0 radical (unpaired) electrons. The van der Waals surface area contributed by atoms with E-state index in [9.17, 15) is 10.1 Å². The van der Waals surface area contributed by atoms with Crippen LogP contribution in [-0.4, -0.2) is 14.5 Å². The van der Waals surface area contributed by atoms with Crippen molar-refractivity contribution < 1.29 is 4.92 Å². The Balaban J connectivity index is 1.56. The molecule has 0 aliphatic carbocycles. The molecule has 3 aromatic carbocycles. The third kappa shape index (κ3) is 4.28. The van der Waals surface area contributed by atoms with Gasteiger partial charge in [-0.05, 0) is 42.0 Å². The van der Waals surface area contributed by atoms with E-state index in [-0.39, 0.29) is 5.69 Å². The molecule has 144 valence electrons. The zero-order chi connectivity index (χ0) is 20.2. The highest BCUT2D eigenvalue weighted by molar-refractivity contribution is 6.30. The standard InChI is InChI=1S/C22H17ClN4O2/c23-18-9-5-16(6-10-18)13-24-20-3-1-2-4-22(20)26-14-21(25-15-26)17-7-11-19(12-8-17)27(28)29/h1-12,14-15,24H,13H2. The average Bonchev–Trinajstić information content (AvgIpc) is 3.24. The lowest BCUT2D eigenvalue weighted by Gasteiger charge is -2.12. The van der Waals surface area contributed by atoms with Crippen LogP contribution in [0.4, 0.5) is 11.4 Å². The lowest BCUT2D eigenvalue weighted by Crippen LogP contribution is -2.03. The highest BCUT2D eigenvalue weighted by atomic mass is 35.5. The Morgan fingerprint density at radius 2 is 1.72 bits per heavy atom. The van der Waals surface area contributed by atoms with E-state index in [0.29, 0.717) is 11.6 Å². The van der Waals surface area contributed by atoms with Crippen molar-refractivity contribution in [1.29, 1.82) is 0 Å². The molecular weight excluding hydrogens is 388 g/mol. The zero-order valence-corrected chi connectivity index (χ0v) is 16.1. The first kappa shape index (κ1) is 18.7. The molecule has 0 fully saturated rings. The summed E-state index contributed by atoms with van der Waals surface area (Å²) < 4.78 is 1.93. The molecule has 0 amide bonds. The number of anilines is 1. The minimum atomic E-state index is -0.412. The molecule has 1 N–H and O–H groups in total. The van der Waals surface area contributed by atoms with E-state index >= 15 is 0 Å². The van der Waals surface area contributed by atoms with Gasteiger partial charge in [-0.25, -0.2) is 4.98 Å². The highest BCUT2D eigenvalue weighted by Gasteiger charge is 2.09. The van der Waals surface area contributed by atoms with Gasteiger partial charge < -0.3 is 9.88 Å². The summed E-state index contributed by atoms with van der Waals surface area (Å²) in [6.45, 7) is 0.665. The third-order valence-corrected chi connectivity index (χ3v) is 4.79. The number of para-hydroxylation sites is 2. The van der Waals surface area contributed by atoms with E-state index in [1.807, 2.05) is 59.3 Å². The van der Waals surface area contributed by atoms with Crippen LogP contribution in [0.5, 0.6) is 0 Å². The van der Waals surface area contributed by atoms with Crippen molar-refractivity contribution in [3.63, 3.8) is 0 Å². The van der Waals surface area contributed by atoms with Gasteiger partial charge in [-0.15, -0.1) is 0 Å². The van der Waals surface area contributed by atoms with Crippen molar-refractivity contribution in [3.8, 4) is 16.9 Å². The number of non-ortho nitro benzene ring substituents is 1. The molecule has 0 unspecified atom stereocenters. The maximum atomic E-state index is 10.8. The molecule has 4 rings (SSSR count). The van der Waals surface area contributed by atoms with Gasteiger partial charge in [0.1, 0.15) is 0 Å². The van der Waals surface area contributed by atoms with E-state index in [1.54, 1.807) is 18.5 Å². The van der Waals surface area contributed by atoms with Crippen LogP contribution in [0, 0.1) is 10.1 Å². The Labute approximate surface area is 172 Å². The SMILES string of the molecule is O=[N+]([O-])c1ccc(-c2cn(-c3ccccc3NCc3ccc(Cl)cc3)cn2)cc1. The fourth-order valence-electron chi connectivity index (χ4n) is 3.01. The average molecular weight is 405 g/mol. The molecule has 0 bridgehead atoms. The van der Waals surface area contributed by atoms with Gasteiger partial charge in [0.2, 0.25) is 0 Å². The first-order valence-corrected chi connectivity index (χ1v) is 9.34. The number of rotatable bonds is 6. The van der Waals surface area contributed by atoms with E-state index < -0.39 is 4.92 Å². The van der Waals surface area contributed by atoms with Crippen molar-refractivity contribution in [1.82, 2.24) is 9.55 Å². The first-order valence-electron chi connectivity index (χ1n) is 8.97. The number of nitro benzene ring substituents is 1. The summed E-state index contributed by atoms with van der Waals surface area (Å²) in [6, 6.07) is 22.0. The number of nitro groups is 1. The molecule has 0 saturated heterocycles. The lowest BCUT2D eigenvalue weighted by molar-refractivity contribution is -0.384. The minimum Gasteiger partial charge on any atom is -0.379 e.